The van der Waals surface area contributed by atoms with Gasteiger partial charge in [-0.3, -0.25) is 9.88 Å². The summed E-state index contributed by atoms with van der Waals surface area (Å²) in [5.74, 6) is -0.913. The number of rotatable bonds is 3. The number of carbonyl (C=O) groups is 1. The molecular formula is C17H18N2O2. The summed E-state index contributed by atoms with van der Waals surface area (Å²) >= 11 is 0. The zero-order chi connectivity index (χ0) is 14.8. The Hall–Kier alpha value is -2.20. The maximum absolute atomic E-state index is 11.1. The molecular weight excluding hydrogens is 264 g/mol. The topological polar surface area (TPSA) is 53.4 Å². The van der Waals surface area contributed by atoms with Crippen molar-refractivity contribution in [2.24, 2.45) is 0 Å². The fourth-order valence-corrected chi connectivity index (χ4v) is 2.89. The van der Waals surface area contributed by atoms with Gasteiger partial charge in [0.1, 0.15) is 0 Å². The van der Waals surface area contributed by atoms with Crippen molar-refractivity contribution < 1.29 is 9.90 Å². The van der Waals surface area contributed by atoms with Crippen molar-refractivity contribution in [3.8, 4) is 11.3 Å². The number of benzene rings is 1. The molecule has 0 spiro atoms. The lowest BCUT2D eigenvalue weighted by Gasteiger charge is -2.19. The fourth-order valence-electron chi connectivity index (χ4n) is 2.89. The summed E-state index contributed by atoms with van der Waals surface area (Å²) in [5.41, 5.74) is 3.03. The van der Waals surface area contributed by atoms with Crippen LogP contribution in [0.3, 0.4) is 0 Å². The number of aromatic carboxylic acids is 1. The third-order valence-corrected chi connectivity index (χ3v) is 4.04. The SMILES string of the molecule is CN1CCC[C@@H]1c1cccc(-c2cccc(C(=O)O)c2)n1. The van der Waals surface area contributed by atoms with Crippen molar-refractivity contribution in [3.63, 3.8) is 0 Å². The molecule has 1 aromatic carbocycles. The Kier molecular flexibility index (Phi) is 3.71. The average Bonchev–Trinajstić information content (AvgIpc) is 2.94. The van der Waals surface area contributed by atoms with Gasteiger partial charge < -0.3 is 5.11 Å². The highest BCUT2D eigenvalue weighted by Crippen LogP contribution is 2.30. The van der Waals surface area contributed by atoms with E-state index in [1.165, 1.54) is 6.42 Å². The van der Waals surface area contributed by atoms with Crippen LogP contribution in [0.2, 0.25) is 0 Å². The second-order valence-electron chi connectivity index (χ2n) is 5.47. The molecule has 3 rings (SSSR count). The summed E-state index contributed by atoms with van der Waals surface area (Å²) in [6, 6.07) is 13.3. The highest BCUT2D eigenvalue weighted by atomic mass is 16.4. The molecule has 0 aliphatic carbocycles. The molecule has 0 bridgehead atoms. The van der Waals surface area contributed by atoms with Crippen molar-refractivity contribution in [2.75, 3.05) is 13.6 Å². The van der Waals surface area contributed by atoms with E-state index in [0.29, 0.717) is 6.04 Å². The van der Waals surface area contributed by atoms with Crippen LogP contribution in [-0.4, -0.2) is 34.6 Å². The number of hydrogen-bond donors (Lipinski definition) is 1. The van der Waals surface area contributed by atoms with E-state index < -0.39 is 5.97 Å². The molecule has 4 heteroatoms. The quantitative estimate of drug-likeness (QED) is 0.939. The van der Waals surface area contributed by atoms with E-state index in [1.807, 2.05) is 18.2 Å². The summed E-state index contributed by atoms with van der Waals surface area (Å²) in [6.45, 7) is 1.10. The summed E-state index contributed by atoms with van der Waals surface area (Å²) in [6.07, 6.45) is 2.32. The monoisotopic (exact) mass is 282 g/mol. The van der Waals surface area contributed by atoms with Crippen LogP contribution in [0.4, 0.5) is 0 Å². The van der Waals surface area contributed by atoms with Gasteiger partial charge >= 0.3 is 5.97 Å². The number of pyridine rings is 1. The number of carboxylic acids is 1. The van der Waals surface area contributed by atoms with Crippen molar-refractivity contribution in [1.29, 1.82) is 0 Å². The molecule has 0 saturated carbocycles. The molecule has 4 nitrogen and oxygen atoms in total. The van der Waals surface area contributed by atoms with Gasteiger partial charge in [-0.1, -0.05) is 18.2 Å². The lowest BCUT2D eigenvalue weighted by molar-refractivity contribution is 0.0697. The molecule has 21 heavy (non-hydrogen) atoms. The lowest BCUT2D eigenvalue weighted by Crippen LogP contribution is -2.18. The van der Waals surface area contributed by atoms with Crippen LogP contribution in [0, 0.1) is 0 Å². The van der Waals surface area contributed by atoms with Gasteiger partial charge in [-0.2, -0.15) is 0 Å². The molecule has 1 aliphatic rings. The molecule has 2 heterocycles. The second-order valence-corrected chi connectivity index (χ2v) is 5.47. The van der Waals surface area contributed by atoms with Crippen LogP contribution in [0.1, 0.15) is 34.9 Å². The molecule has 1 aromatic heterocycles. The van der Waals surface area contributed by atoms with Crippen LogP contribution in [0.15, 0.2) is 42.5 Å². The first-order valence-corrected chi connectivity index (χ1v) is 7.16. The molecule has 108 valence electrons. The van der Waals surface area contributed by atoms with E-state index in [0.717, 1.165) is 29.9 Å². The molecule has 1 aliphatic heterocycles. The van der Waals surface area contributed by atoms with Gasteiger partial charge in [-0.25, -0.2) is 4.79 Å². The molecule has 1 atom stereocenters. The van der Waals surface area contributed by atoms with Gasteiger partial charge in [0.2, 0.25) is 0 Å². The van der Waals surface area contributed by atoms with Crippen molar-refractivity contribution >= 4 is 5.97 Å². The van der Waals surface area contributed by atoms with Gasteiger partial charge in [0.25, 0.3) is 0 Å². The van der Waals surface area contributed by atoms with Gasteiger partial charge in [0.05, 0.1) is 23.0 Å². The van der Waals surface area contributed by atoms with E-state index in [1.54, 1.807) is 18.2 Å². The molecule has 0 radical (unpaired) electrons. The summed E-state index contributed by atoms with van der Waals surface area (Å²) in [7, 11) is 2.12. The zero-order valence-corrected chi connectivity index (χ0v) is 12.0. The number of hydrogen-bond acceptors (Lipinski definition) is 3. The van der Waals surface area contributed by atoms with Crippen molar-refractivity contribution in [3.05, 3.63) is 53.7 Å². The van der Waals surface area contributed by atoms with Crippen LogP contribution in [0.5, 0.6) is 0 Å². The second kappa shape index (κ2) is 5.66. The van der Waals surface area contributed by atoms with Crippen LogP contribution in [0.25, 0.3) is 11.3 Å². The maximum Gasteiger partial charge on any atom is 0.335 e. The van der Waals surface area contributed by atoms with Crippen molar-refractivity contribution in [1.82, 2.24) is 9.88 Å². The fraction of sp³-hybridized carbons (Fsp3) is 0.294. The van der Waals surface area contributed by atoms with Gasteiger partial charge in [0.15, 0.2) is 0 Å². The Labute approximate surface area is 124 Å². The Balaban J connectivity index is 1.96. The summed E-state index contributed by atoms with van der Waals surface area (Å²) in [5, 5.41) is 9.09. The van der Waals surface area contributed by atoms with Gasteiger partial charge in [0, 0.05) is 5.56 Å². The number of likely N-dealkylation sites (tertiary alicyclic amines) is 1. The Morgan fingerprint density at radius 3 is 2.81 bits per heavy atom. The Morgan fingerprint density at radius 2 is 2.10 bits per heavy atom. The number of nitrogens with zero attached hydrogens (tertiary/aromatic N) is 2. The van der Waals surface area contributed by atoms with E-state index >= 15 is 0 Å². The normalized spacial score (nSPS) is 18.8. The average molecular weight is 282 g/mol. The molecule has 0 unspecified atom stereocenters. The first-order valence-electron chi connectivity index (χ1n) is 7.16. The van der Waals surface area contributed by atoms with Crippen LogP contribution < -0.4 is 0 Å². The number of aromatic nitrogens is 1. The van der Waals surface area contributed by atoms with Crippen LogP contribution >= 0.6 is 0 Å². The third kappa shape index (κ3) is 2.81. The Bertz CT molecular complexity index is 669. The summed E-state index contributed by atoms with van der Waals surface area (Å²) < 4.78 is 0. The first-order chi connectivity index (χ1) is 10.1. The molecule has 0 amide bonds. The summed E-state index contributed by atoms with van der Waals surface area (Å²) in [4.78, 5) is 18.1. The minimum absolute atomic E-state index is 0.290. The predicted octanol–water partition coefficient (Wildman–Crippen LogP) is 3.21. The predicted molar refractivity (Wildman–Crippen MR) is 81.2 cm³/mol. The minimum atomic E-state index is -0.913. The van der Waals surface area contributed by atoms with Gasteiger partial charge in [-0.15, -0.1) is 0 Å². The van der Waals surface area contributed by atoms with E-state index in [4.69, 9.17) is 10.1 Å². The zero-order valence-electron chi connectivity index (χ0n) is 12.0. The lowest BCUT2D eigenvalue weighted by atomic mass is 10.1. The highest BCUT2D eigenvalue weighted by molar-refractivity contribution is 5.89. The van der Waals surface area contributed by atoms with Crippen LogP contribution in [-0.2, 0) is 0 Å². The number of carboxylic acid groups (broad SMARTS) is 1. The van der Waals surface area contributed by atoms with Crippen molar-refractivity contribution in [2.45, 2.75) is 18.9 Å². The molecule has 1 N–H and O–H groups in total. The maximum atomic E-state index is 11.1. The first kappa shape index (κ1) is 13.8. The third-order valence-electron chi connectivity index (χ3n) is 4.04. The largest absolute Gasteiger partial charge is 0.478 e. The van der Waals surface area contributed by atoms with E-state index in [-0.39, 0.29) is 5.56 Å². The molecule has 1 fully saturated rings. The van der Waals surface area contributed by atoms with E-state index in [9.17, 15) is 4.79 Å². The van der Waals surface area contributed by atoms with Gasteiger partial charge in [-0.05, 0) is 50.7 Å². The smallest absolute Gasteiger partial charge is 0.335 e. The highest BCUT2D eigenvalue weighted by Gasteiger charge is 2.23. The van der Waals surface area contributed by atoms with E-state index in [2.05, 4.69) is 18.0 Å². The molecule has 2 aromatic rings. The minimum Gasteiger partial charge on any atom is -0.478 e. The molecule has 1 saturated heterocycles. The Morgan fingerprint density at radius 1 is 1.29 bits per heavy atom. The standard InChI is InChI=1S/C17H18N2O2/c1-19-10-4-9-16(19)15-8-3-7-14(18-15)12-5-2-6-13(11-12)17(20)21/h2-3,5-8,11,16H,4,9-10H2,1H3,(H,20,21)/t16-/m1/s1.